The molecular formula is Cr3N5Nb3. The summed E-state index contributed by atoms with van der Waals surface area (Å²) in [6.45, 7) is 0. The number of hydrogen-bond donors (Lipinski definition) is 0. The Hall–Kier alpha value is 3.62. The summed E-state index contributed by atoms with van der Waals surface area (Å²) in [5, 5.41) is 0. The van der Waals surface area contributed by atoms with Crippen LogP contribution in [0.15, 0.2) is 0 Å². The first-order valence-electron chi connectivity index (χ1n) is 0. The van der Waals surface area contributed by atoms with E-state index in [4.69, 9.17) is 0 Å². The molecule has 0 aromatic heterocycles. The Bertz CT molecular complexity index is 16.9. The van der Waals surface area contributed by atoms with Crippen LogP contribution in [0.5, 0.6) is 0 Å². The van der Waals surface area contributed by atoms with Gasteiger partial charge in [0.15, 0.2) is 0 Å². The molecule has 0 fully saturated rings. The maximum absolute atomic E-state index is 0. The van der Waals surface area contributed by atoms with Crippen LogP contribution in [0.3, 0.4) is 0 Å². The van der Waals surface area contributed by atoms with E-state index in [2.05, 4.69) is 0 Å². The van der Waals surface area contributed by atoms with Crippen LogP contribution in [0.4, 0.5) is 0 Å². The molecule has 0 N–H and O–H groups in total. The van der Waals surface area contributed by atoms with E-state index in [0.717, 1.165) is 0 Å². The minimum Gasteiger partial charge on any atom is -3.00 e. The van der Waals surface area contributed by atoms with E-state index in [0.29, 0.717) is 0 Å². The average molecular weight is 505 g/mol. The molecule has 0 saturated heterocycles. The third-order valence-corrected chi connectivity index (χ3v) is 0. The van der Waals surface area contributed by atoms with Crippen LogP contribution < -0.4 is 0 Å². The first kappa shape index (κ1) is 207. The first-order chi connectivity index (χ1) is 0. The molecule has 0 aliphatic carbocycles. The summed E-state index contributed by atoms with van der Waals surface area (Å²) in [6.07, 6.45) is 0. The summed E-state index contributed by atoms with van der Waals surface area (Å²) in [5.41, 5.74) is 0. The maximum Gasteiger partial charge on any atom is 5.00 e. The maximum atomic E-state index is 0. The van der Waals surface area contributed by atoms with E-state index in [1.165, 1.54) is 0 Å². The fraction of sp³-hybridized carbons (Fsp3) is 0. The van der Waals surface area contributed by atoms with Gasteiger partial charge >= 0.3 is 67.1 Å². The van der Waals surface area contributed by atoms with Crippen LogP contribution in [0.25, 0.3) is 30.8 Å². The fourth-order valence-electron chi connectivity index (χ4n) is 0. The Morgan fingerprint density at radius 2 is 0.273 bits per heavy atom. The van der Waals surface area contributed by atoms with E-state index in [1.807, 2.05) is 0 Å². The zero-order valence-corrected chi connectivity index (χ0v) is 15.2. The molecular weight excluding hydrogens is 505 g/mol. The molecule has 0 spiro atoms. The van der Waals surface area contributed by atoms with E-state index in [9.17, 15) is 0 Å². The molecule has 0 aromatic rings. The first-order valence-corrected chi connectivity index (χ1v) is 0. The quantitative estimate of drug-likeness (QED) is 0.438. The molecule has 0 atom stereocenters. The van der Waals surface area contributed by atoms with Crippen molar-refractivity contribution in [1.82, 2.24) is 0 Å². The summed E-state index contributed by atoms with van der Waals surface area (Å²) in [4.78, 5) is 0. The summed E-state index contributed by atoms with van der Waals surface area (Å²) >= 11 is 0. The molecule has 0 bridgehead atoms. The van der Waals surface area contributed by atoms with Gasteiger partial charge in [0, 0.05) is 52.1 Å². The van der Waals surface area contributed by atoms with Gasteiger partial charge in [-0.15, -0.1) is 0 Å². The minimum atomic E-state index is 0. The third-order valence-electron chi connectivity index (χ3n) is 0. The Labute approximate surface area is 148 Å². The molecule has 0 rings (SSSR count). The second kappa shape index (κ2) is 166. The molecule has 0 heterocycles. The van der Waals surface area contributed by atoms with E-state index in [-0.39, 0.29) is 150 Å². The van der Waals surface area contributed by atoms with Crippen LogP contribution in [-0.4, -0.2) is 0 Å². The van der Waals surface area contributed by atoms with Gasteiger partial charge in [0.1, 0.15) is 0 Å². The average Bonchev–Trinajstić information content (AvgIpc) is 0. The Balaban J connectivity index is 0. The molecule has 0 unspecified atom stereocenters. The molecule has 58 valence electrons. The normalized spacial score (nSPS) is 0. The second-order valence-electron chi connectivity index (χ2n) is 0. The van der Waals surface area contributed by atoms with Gasteiger partial charge in [-0.25, -0.2) is 0 Å². The standard InChI is InChI=1S/3Cr.5N.3Nb/q;;;5*-3;3*+5. The largest absolute Gasteiger partial charge is 5.00 e. The van der Waals surface area contributed by atoms with Crippen molar-refractivity contribution in [3.63, 3.8) is 0 Å². The van der Waals surface area contributed by atoms with Crippen molar-refractivity contribution in [2.24, 2.45) is 0 Å². The van der Waals surface area contributed by atoms with Gasteiger partial charge in [-0.05, 0) is 0 Å². The van der Waals surface area contributed by atoms with Gasteiger partial charge in [0.2, 0.25) is 0 Å². The molecule has 11 heteroatoms. The van der Waals surface area contributed by atoms with Crippen LogP contribution in [0.2, 0.25) is 0 Å². The van der Waals surface area contributed by atoms with Gasteiger partial charge in [-0.3, -0.25) is 0 Å². The van der Waals surface area contributed by atoms with Crippen molar-refractivity contribution in [1.29, 1.82) is 0 Å². The Morgan fingerprint density at radius 3 is 0.273 bits per heavy atom. The predicted octanol–water partition coefficient (Wildman–Crippen LogP) is 1.43. The topological polar surface area (TPSA) is 152 Å². The molecule has 0 saturated carbocycles. The summed E-state index contributed by atoms with van der Waals surface area (Å²) in [5.74, 6) is 0. The van der Waals surface area contributed by atoms with E-state index in [1.54, 1.807) is 0 Å². The van der Waals surface area contributed by atoms with Crippen molar-refractivity contribution in [2.75, 3.05) is 0 Å². The molecule has 0 amide bonds. The Morgan fingerprint density at radius 1 is 0.273 bits per heavy atom. The van der Waals surface area contributed by atoms with Crippen LogP contribution in [-0.2, 0) is 119 Å². The van der Waals surface area contributed by atoms with Crippen molar-refractivity contribution in [2.45, 2.75) is 0 Å². The smallest absolute Gasteiger partial charge is 3.00 e. The fourth-order valence-corrected chi connectivity index (χ4v) is 0. The summed E-state index contributed by atoms with van der Waals surface area (Å²) in [7, 11) is 0. The SMILES string of the molecule is [Cr].[Cr].[Cr].[N-3].[N-3].[N-3].[N-3].[N-3].[Nb+5].[Nb+5].[Nb+5]. The number of rotatable bonds is 0. The van der Waals surface area contributed by atoms with Crippen molar-refractivity contribution < 1.29 is 119 Å². The molecule has 0 aromatic carbocycles. The molecule has 11 heavy (non-hydrogen) atoms. The molecule has 5 nitrogen and oxygen atoms in total. The van der Waals surface area contributed by atoms with Gasteiger partial charge in [-0.1, -0.05) is 0 Å². The predicted molar refractivity (Wildman–Crippen MR) is 16.8 cm³/mol. The monoisotopic (exact) mass is 505 g/mol. The minimum absolute atomic E-state index is 0. The Kier molecular flexibility index (Phi) is 3120. The summed E-state index contributed by atoms with van der Waals surface area (Å²) in [6, 6.07) is 0. The van der Waals surface area contributed by atoms with Crippen molar-refractivity contribution >= 4 is 0 Å². The van der Waals surface area contributed by atoms with Crippen LogP contribution in [0.1, 0.15) is 0 Å². The zero-order chi connectivity index (χ0) is 0. The second-order valence-corrected chi connectivity index (χ2v) is 0. The van der Waals surface area contributed by atoms with E-state index >= 15 is 0 Å². The van der Waals surface area contributed by atoms with Crippen LogP contribution in [0, 0.1) is 0 Å². The van der Waals surface area contributed by atoms with Crippen LogP contribution >= 0.6 is 0 Å². The van der Waals surface area contributed by atoms with Gasteiger partial charge < -0.3 is 30.8 Å². The van der Waals surface area contributed by atoms with Gasteiger partial charge in [0.05, 0.1) is 0 Å². The van der Waals surface area contributed by atoms with Gasteiger partial charge in [0.25, 0.3) is 0 Å². The van der Waals surface area contributed by atoms with Gasteiger partial charge in [-0.2, -0.15) is 0 Å². The molecule has 0 radical (unpaired) electrons. The third kappa shape index (κ3) is 140. The van der Waals surface area contributed by atoms with Crippen molar-refractivity contribution in [3.05, 3.63) is 30.8 Å². The molecule has 0 aliphatic rings. The van der Waals surface area contributed by atoms with E-state index < -0.39 is 0 Å². The number of hydrogen-bond acceptors (Lipinski definition) is 0. The zero-order valence-electron chi connectivity index (χ0n) is 4.80. The molecule has 0 aliphatic heterocycles. The van der Waals surface area contributed by atoms with Crippen molar-refractivity contribution in [3.8, 4) is 0 Å². The summed E-state index contributed by atoms with van der Waals surface area (Å²) < 4.78 is 0. The number of nitrogens with zero attached hydrogens (tertiary/aromatic N) is 5.